The van der Waals surface area contributed by atoms with Crippen molar-refractivity contribution in [2.45, 2.75) is 56.7 Å². The van der Waals surface area contributed by atoms with Gasteiger partial charge in [-0.1, -0.05) is 12.1 Å². The van der Waals surface area contributed by atoms with Crippen molar-refractivity contribution in [2.24, 2.45) is 11.8 Å². The van der Waals surface area contributed by atoms with Gasteiger partial charge in [-0.05, 0) is 75.6 Å². The number of amides is 2. The molecular formula is C22H30N4O2. The van der Waals surface area contributed by atoms with Gasteiger partial charge in [0.2, 0.25) is 5.91 Å². The highest BCUT2D eigenvalue weighted by atomic mass is 16.2. The molecule has 4 saturated heterocycles. The predicted octanol–water partition coefficient (Wildman–Crippen LogP) is 1.86. The van der Waals surface area contributed by atoms with Crippen molar-refractivity contribution in [1.29, 1.82) is 0 Å². The Hall–Kier alpha value is -2.08. The molecule has 4 aliphatic heterocycles. The number of nitrogens with one attached hydrogen (secondary N) is 1. The van der Waals surface area contributed by atoms with E-state index in [0.29, 0.717) is 35.2 Å². The van der Waals surface area contributed by atoms with Crippen molar-refractivity contribution >= 4 is 17.5 Å². The zero-order chi connectivity index (χ0) is 19.3. The van der Waals surface area contributed by atoms with Gasteiger partial charge in [0, 0.05) is 24.3 Å². The summed E-state index contributed by atoms with van der Waals surface area (Å²) in [6, 6.07) is 7.64. The van der Waals surface area contributed by atoms with Crippen LogP contribution in [0.15, 0.2) is 24.3 Å². The van der Waals surface area contributed by atoms with E-state index in [1.807, 2.05) is 6.07 Å². The van der Waals surface area contributed by atoms with Crippen LogP contribution in [-0.4, -0.2) is 59.4 Å². The number of piperidine rings is 4. The highest BCUT2D eigenvalue weighted by Crippen LogP contribution is 2.44. The first-order valence-corrected chi connectivity index (χ1v) is 10.8. The van der Waals surface area contributed by atoms with Gasteiger partial charge in [0.1, 0.15) is 6.04 Å². The number of carbonyl (C=O) groups is 2. The lowest BCUT2D eigenvalue weighted by Crippen LogP contribution is -2.69. The third-order valence-corrected chi connectivity index (χ3v) is 7.52. The molecule has 3 N–H and O–H groups in total. The molecule has 0 bridgehead atoms. The van der Waals surface area contributed by atoms with Crippen LogP contribution in [0, 0.1) is 11.8 Å². The first-order chi connectivity index (χ1) is 13.6. The van der Waals surface area contributed by atoms with Gasteiger partial charge < -0.3 is 16.0 Å². The maximum absolute atomic E-state index is 13.3. The van der Waals surface area contributed by atoms with Crippen LogP contribution in [-0.2, 0) is 4.79 Å². The van der Waals surface area contributed by atoms with Gasteiger partial charge in [0.15, 0.2) is 0 Å². The standard InChI is InChI=1S/C22H30N4O2/c23-17-8-2-1-6-15(17)21(27)24-18-9-10-19-16-7-4-12-25-11-3-5-14(20(16)25)13-26(19)22(18)28/h1-2,6,8,14,16,18-20H,3-5,7,9-13,23H2,(H,24,27)/t14-,16+,18?,19+,20-/m0/s1. The average Bonchev–Trinajstić information content (AvgIpc) is 2.71. The lowest BCUT2D eigenvalue weighted by molar-refractivity contribution is -0.153. The third-order valence-electron chi connectivity index (χ3n) is 7.52. The molecule has 150 valence electrons. The van der Waals surface area contributed by atoms with Crippen LogP contribution in [0.1, 0.15) is 48.9 Å². The summed E-state index contributed by atoms with van der Waals surface area (Å²) < 4.78 is 0. The average molecular weight is 383 g/mol. The van der Waals surface area contributed by atoms with E-state index < -0.39 is 6.04 Å². The normalized spacial score (nSPS) is 35.1. The molecule has 1 aromatic carbocycles. The molecule has 4 aliphatic rings. The van der Waals surface area contributed by atoms with Gasteiger partial charge in [-0.15, -0.1) is 0 Å². The second kappa shape index (κ2) is 7.07. The lowest BCUT2D eigenvalue weighted by Gasteiger charge is -2.59. The molecule has 6 heteroatoms. The summed E-state index contributed by atoms with van der Waals surface area (Å²) in [5.74, 6) is 1.07. The summed E-state index contributed by atoms with van der Waals surface area (Å²) >= 11 is 0. The number of fused-ring (bicyclic) bond motifs is 2. The summed E-state index contributed by atoms with van der Waals surface area (Å²) in [6.07, 6.45) is 6.68. The fourth-order valence-electron chi connectivity index (χ4n) is 6.35. The van der Waals surface area contributed by atoms with Gasteiger partial charge in [-0.3, -0.25) is 14.5 Å². The molecular weight excluding hydrogens is 352 g/mol. The molecule has 0 saturated carbocycles. The highest BCUT2D eigenvalue weighted by molar-refractivity contribution is 6.01. The summed E-state index contributed by atoms with van der Waals surface area (Å²) in [6.45, 7) is 3.33. The minimum atomic E-state index is -0.428. The number of benzene rings is 1. The van der Waals surface area contributed by atoms with Crippen LogP contribution in [0.4, 0.5) is 5.69 Å². The van der Waals surface area contributed by atoms with E-state index >= 15 is 0 Å². The van der Waals surface area contributed by atoms with Crippen molar-refractivity contribution in [1.82, 2.24) is 15.1 Å². The third kappa shape index (κ3) is 2.89. The van der Waals surface area contributed by atoms with Crippen molar-refractivity contribution in [3.63, 3.8) is 0 Å². The van der Waals surface area contributed by atoms with Crippen LogP contribution in [0.3, 0.4) is 0 Å². The van der Waals surface area contributed by atoms with E-state index in [2.05, 4.69) is 15.1 Å². The molecule has 2 amide bonds. The Morgan fingerprint density at radius 2 is 1.86 bits per heavy atom. The highest BCUT2D eigenvalue weighted by Gasteiger charge is 2.52. The van der Waals surface area contributed by atoms with Crippen molar-refractivity contribution in [3.8, 4) is 0 Å². The zero-order valence-electron chi connectivity index (χ0n) is 16.3. The van der Waals surface area contributed by atoms with Crippen LogP contribution < -0.4 is 11.1 Å². The monoisotopic (exact) mass is 382 g/mol. The largest absolute Gasteiger partial charge is 0.398 e. The zero-order valence-corrected chi connectivity index (χ0v) is 16.3. The summed E-state index contributed by atoms with van der Waals surface area (Å²) in [4.78, 5) is 30.8. The fourth-order valence-corrected chi connectivity index (χ4v) is 6.35. The van der Waals surface area contributed by atoms with E-state index in [1.165, 1.54) is 38.8 Å². The summed E-state index contributed by atoms with van der Waals surface area (Å²) in [5.41, 5.74) is 6.84. The first-order valence-electron chi connectivity index (χ1n) is 10.8. The minimum absolute atomic E-state index is 0.111. The molecule has 5 rings (SSSR count). The number of nitrogens with two attached hydrogens (primary N) is 1. The molecule has 4 fully saturated rings. The van der Waals surface area contributed by atoms with Gasteiger partial charge in [0.25, 0.3) is 5.91 Å². The molecule has 1 aromatic rings. The van der Waals surface area contributed by atoms with Gasteiger partial charge in [-0.25, -0.2) is 0 Å². The Morgan fingerprint density at radius 1 is 1.07 bits per heavy atom. The molecule has 0 radical (unpaired) electrons. The predicted molar refractivity (Wildman–Crippen MR) is 108 cm³/mol. The Labute approximate surface area is 166 Å². The number of rotatable bonds is 2. The van der Waals surface area contributed by atoms with Gasteiger partial charge in [0.05, 0.1) is 5.56 Å². The second-order valence-electron chi connectivity index (χ2n) is 8.98. The summed E-state index contributed by atoms with van der Waals surface area (Å²) in [5, 5.41) is 2.97. The quantitative estimate of drug-likeness (QED) is 0.766. The number of carbonyl (C=O) groups excluding carboxylic acids is 2. The van der Waals surface area contributed by atoms with Crippen molar-refractivity contribution < 1.29 is 9.59 Å². The molecule has 4 heterocycles. The van der Waals surface area contributed by atoms with E-state index in [1.54, 1.807) is 18.2 Å². The van der Waals surface area contributed by atoms with E-state index in [9.17, 15) is 9.59 Å². The Kier molecular flexibility index (Phi) is 4.54. The first kappa shape index (κ1) is 18.0. The molecule has 6 nitrogen and oxygen atoms in total. The second-order valence-corrected chi connectivity index (χ2v) is 8.98. The Balaban J connectivity index is 1.33. The number of hydrogen-bond donors (Lipinski definition) is 2. The molecule has 0 spiro atoms. The fraction of sp³-hybridized carbons (Fsp3) is 0.636. The number of anilines is 1. The number of para-hydroxylation sites is 1. The molecule has 28 heavy (non-hydrogen) atoms. The van der Waals surface area contributed by atoms with Crippen LogP contribution in [0.5, 0.6) is 0 Å². The van der Waals surface area contributed by atoms with Crippen LogP contribution in [0.25, 0.3) is 0 Å². The maximum Gasteiger partial charge on any atom is 0.254 e. The molecule has 1 unspecified atom stereocenters. The van der Waals surface area contributed by atoms with Crippen LogP contribution in [0.2, 0.25) is 0 Å². The van der Waals surface area contributed by atoms with Gasteiger partial charge in [-0.2, -0.15) is 0 Å². The number of nitrogens with zero attached hydrogens (tertiary/aromatic N) is 2. The van der Waals surface area contributed by atoms with E-state index in [-0.39, 0.29) is 11.8 Å². The SMILES string of the molecule is Nc1ccccc1C(=O)NC1CC[C@@H]2[C@H]3CCCN4CCC[C@@H](CN2C1=O)[C@@H]34. The molecule has 0 aromatic heterocycles. The number of nitrogen functional groups attached to an aromatic ring is 1. The Bertz CT molecular complexity index is 780. The topological polar surface area (TPSA) is 78.7 Å². The molecule has 5 atom stereocenters. The van der Waals surface area contributed by atoms with E-state index in [0.717, 1.165) is 19.4 Å². The van der Waals surface area contributed by atoms with Gasteiger partial charge >= 0.3 is 0 Å². The summed E-state index contributed by atoms with van der Waals surface area (Å²) in [7, 11) is 0. The van der Waals surface area contributed by atoms with Crippen LogP contribution >= 0.6 is 0 Å². The Morgan fingerprint density at radius 3 is 2.68 bits per heavy atom. The smallest absolute Gasteiger partial charge is 0.254 e. The minimum Gasteiger partial charge on any atom is -0.398 e. The molecule has 0 aliphatic carbocycles. The van der Waals surface area contributed by atoms with E-state index in [4.69, 9.17) is 5.73 Å². The lowest BCUT2D eigenvalue weighted by atomic mass is 9.67. The van der Waals surface area contributed by atoms with Crippen molar-refractivity contribution in [3.05, 3.63) is 29.8 Å². The number of hydrogen-bond acceptors (Lipinski definition) is 4. The maximum atomic E-state index is 13.3. The van der Waals surface area contributed by atoms with Crippen molar-refractivity contribution in [2.75, 3.05) is 25.4 Å².